The molecule has 0 saturated heterocycles. The second-order valence-corrected chi connectivity index (χ2v) is 4.00. The van der Waals surface area contributed by atoms with Crippen LogP contribution in [0.4, 0.5) is 4.79 Å². The fourth-order valence-electron chi connectivity index (χ4n) is 0.727. The number of rotatable bonds is 7. The van der Waals surface area contributed by atoms with Crippen molar-refractivity contribution in [2.24, 2.45) is 11.5 Å². The van der Waals surface area contributed by atoms with Crippen LogP contribution in [0.5, 0.6) is 0 Å². The lowest BCUT2D eigenvalue weighted by Crippen LogP contribution is -2.35. The van der Waals surface area contributed by atoms with E-state index in [1.807, 2.05) is 13.8 Å². The highest BCUT2D eigenvalue weighted by Crippen LogP contribution is 2.02. The third-order valence-corrected chi connectivity index (χ3v) is 1.61. The van der Waals surface area contributed by atoms with Gasteiger partial charge >= 0.3 is 6.09 Å². The summed E-state index contributed by atoms with van der Waals surface area (Å²) in [5.41, 5.74) is 10.1. The van der Waals surface area contributed by atoms with Crippen LogP contribution in [0.1, 0.15) is 20.3 Å². The third kappa shape index (κ3) is 10.7. The zero-order valence-corrected chi connectivity index (χ0v) is 9.62. The lowest BCUT2D eigenvalue weighted by molar-refractivity contribution is -0.125. The number of primary amides is 1. The van der Waals surface area contributed by atoms with Crippen LogP contribution >= 0.6 is 0 Å². The molecule has 7 heteroatoms. The molecule has 0 aliphatic carbocycles. The van der Waals surface area contributed by atoms with E-state index in [1.54, 1.807) is 0 Å². The predicted octanol–water partition coefficient (Wildman–Crippen LogP) is -0.701. The number of nitrogens with two attached hydrogens (primary N) is 2. The monoisotopic (exact) mass is 233 g/mol. The van der Waals surface area contributed by atoms with Crippen molar-refractivity contribution in [3.8, 4) is 0 Å². The van der Waals surface area contributed by atoms with Crippen molar-refractivity contribution in [1.82, 2.24) is 5.32 Å². The van der Waals surface area contributed by atoms with Gasteiger partial charge < -0.3 is 26.3 Å². The van der Waals surface area contributed by atoms with Crippen LogP contribution in [0, 0.1) is 0 Å². The minimum absolute atomic E-state index is 0.0526. The highest BCUT2D eigenvalue weighted by Gasteiger charge is 2.09. The molecule has 0 saturated carbocycles. The summed E-state index contributed by atoms with van der Waals surface area (Å²) in [5, 5.41) is 2.39. The fourth-order valence-corrected chi connectivity index (χ4v) is 0.727. The largest absolute Gasteiger partial charge is 0.440 e. The molecule has 0 atom stereocenters. The van der Waals surface area contributed by atoms with Crippen molar-refractivity contribution in [3.05, 3.63) is 0 Å². The highest BCUT2D eigenvalue weighted by atomic mass is 16.5. The second kappa shape index (κ2) is 7.02. The van der Waals surface area contributed by atoms with E-state index in [-0.39, 0.29) is 12.3 Å². The van der Waals surface area contributed by atoms with Gasteiger partial charge in [-0.25, -0.2) is 4.79 Å². The van der Waals surface area contributed by atoms with Gasteiger partial charge in [0.05, 0.1) is 6.61 Å². The summed E-state index contributed by atoms with van der Waals surface area (Å²) in [6, 6.07) is 0. The molecule has 0 aliphatic heterocycles. The number of ether oxygens (including phenoxy) is 2. The summed E-state index contributed by atoms with van der Waals surface area (Å²) in [6.07, 6.45) is -0.304. The van der Waals surface area contributed by atoms with Gasteiger partial charge in [-0.2, -0.15) is 0 Å². The van der Waals surface area contributed by atoms with E-state index in [1.165, 1.54) is 0 Å². The summed E-state index contributed by atoms with van der Waals surface area (Å²) < 4.78 is 9.37. The van der Waals surface area contributed by atoms with Crippen LogP contribution in [-0.2, 0) is 14.3 Å². The van der Waals surface area contributed by atoms with E-state index in [0.717, 1.165) is 0 Å². The molecule has 16 heavy (non-hydrogen) atoms. The number of amides is 2. The van der Waals surface area contributed by atoms with Gasteiger partial charge in [-0.05, 0) is 20.3 Å². The molecule has 2 amide bonds. The summed E-state index contributed by atoms with van der Waals surface area (Å²) in [4.78, 5) is 21.1. The summed E-state index contributed by atoms with van der Waals surface area (Å²) in [5.74, 6) is -0.467. The van der Waals surface area contributed by atoms with Crippen LogP contribution in [0.3, 0.4) is 0 Å². The number of carbonyl (C=O) groups is 2. The lowest BCUT2D eigenvalue weighted by Gasteiger charge is -2.17. The lowest BCUT2D eigenvalue weighted by atomic mass is 10.0. The molecule has 0 heterocycles. The van der Waals surface area contributed by atoms with Gasteiger partial charge in [-0.3, -0.25) is 4.79 Å². The van der Waals surface area contributed by atoms with Crippen LogP contribution in [0.15, 0.2) is 0 Å². The molecule has 0 aromatic carbocycles. The molecule has 0 aromatic rings. The molecule has 0 spiro atoms. The van der Waals surface area contributed by atoms with Crippen molar-refractivity contribution >= 4 is 12.0 Å². The zero-order chi connectivity index (χ0) is 12.6. The average molecular weight is 233 g/mol. The Morgan fingerprint density at radius 1 is 1.38 bits per heavy atom. The molecule has 7 nitrogen and oxygen atoms in total. The molecular weight excluding hydrogens is 214 g/mol. The maximum atomic E-state index is 11.0. The molecule has 94 valence electrons. The van der Waals surface area contributed by atoms with Gasteiger partial charge in [-0.1, -0.05) is 0 Å². The maximum Gasteiger partial charge on any atom is 0.405 e. The van der Waals surface area contributed by atoms with Crippen LogP contribution < -0.4 is 16.8 Å². The molecule has 5 N–H and O–H groups in total. The van der Waals surface area contributed by atoms with E-state index in [0.29, 0.717) is 13.0 Å². The maximum absolute atomic E-state index is 11.0. The molecule has 0 rings (SSSR count). The molecule has 0 unspecified atom stereocenters. The third-order valence-electron chi connectivity index (χ3n) is 1.61. The number of hydrogen-bond donors (Lipinski definition) is 3. The van der Waals surface area contributed by atoms with Crippen molar-refractivity contribution in [1.29, 1.82) is 0 Å². The minimum Gasteiger partial charge on any atom is -0.440 e. The van der Waals surface area contributed by atoms with Crippen molar-refractivity contribution in [2.45, 2.75) is 25.8 Å². The molecule has 0 aliphatic rings. The Balaban J connectivity index is 3.38. The van der Waals surface area contributed by atoms with Gasteiger partial charge in [0, 0.05) is 5.54 Å². The number of carbonyl (C=O) groups excluding carboxylic acids is 2. The number of nitrogens with one attached hydrogen (secondary N) is 1. The van der Waals surface area contributed by atoms with Gasteiger partial charge in [0.15, 0.2) is 6.61 Å². The molecule has 0 fully saturated rings. The van der Waals surface area contributed by atoms with Gasteiger partial charge in [-0.15, -0.1) is 0 Å². The quantitative estimate of drug-likeness (QED) is 0.397. The van der Waals surface area contributed by atoms with E-state index in [2.05, 4.69) is 15.8 Å². The normalized spacial score (nSPS) is 10.9. The van der Waals surface area contributed by atoms with Gasteiger partial charge in [0.25, 0.3) is 5.91 Å². The van der Waals surface area contributed by atoms with Crippen molar-refractivity contribution in [2.75, 3.05) is 19.9 Å². The van der Waals surface area contributed by atoms with Crippen LogP contribution in [-0.4, -0.2) is 37.5 Å². The Morgan fingerprint density at radius 2 is 2.00 bits per heavy atom. The summed E-state index contributed by atoms with van der Waals surface area (Å²) in [6.45, 7) is 3.86. The Bertz CT molecular complexity index is 237. The van der Waals surface area contributed by atoms with E-state index in [4.69, 9.17) is 10.5 Å². The van der Waals surface area contributed by atoms with Crippen molar-refractivity contribution in [3.63, 3.8) is 0 Å². The first-order chi connectivity index (χ1) is 7.31. The summed E-state index contributed by atoms with van der Waals surface area (Å²) in [7, 11) is 0. The highest BCUT2D eigenvalue weighted by molar-refractivity contribution is 5.79. The zero-order valence-electron chi connectivity index (χ0n) is 9.62. The molecule has 0 bridgehead atoms. The SMILES string of the molecule is CC(C)(N)CCOCNC(=O)COC(N)=O. The van der Waals surface area contributed by atoms with E-state index >= 15 is 0 Å². The van der Waals surface area contributed by atoms with E-state index < -0.39 is 18.6 Å². The van der Waals surface area contributed by atoms with Gasteiger partial charge in [0.2, 0.25) is 0 Å². The Hall–Kier alpha value is -1.34. The minimum atomic E-state index is -0.985. The molecular formula is C9H19N3O4. The first-order valence-electron chi connectivity index (χ1n) is 4.87. The Kier molecular flexibility index (Phi) is 6.43. The number of hydrogen-bond acceptors (Lipinski definition) is 5. The molecule has 0 radical (unpaired) electrons. The Morgan fingerprint density at radius 3 is 2.50 bits per heavy atom. The van der Waals surface area contributed by atoms with Crippen molar-refractivity contribution < 1.29 is 19.1 Å². The van der Waals surface area contributed by atoms with Gasteiger partial charge in [0.1, 0.15) is 6.73 Å². The average Bonchev–Trinajstić information content (AvgIpc) is 2.12. The topological polar surface area (TPSA) is 117 Å². The first kappa shape index (κ1) is 14.7. The first-order valence-corrected chi connectivity index (χ1v) is 4.87. The Labute approximate surface area is 94.4 Å². The predicted molar refractivity (Wildman–Crippen MR) is 57.4 cm³/mol. The second-order valence-electron chi connectivity index (χ2n) is 4.00. The van der Waals surface area contributed by atoms with Crippen LogP contribution in [0.25, 0.3) is 0 Å². The standard InChI is InChI=1S/C9H19N3O4/c1-9(2,11)3-4-15-6-12-7(13)5-16-8(10)14/h3-6,11H2,1-2H3,(H2,10,14)(H,12,13). The smallest absolute Gasteiger partial charge is 0.405 e. The molecule has 0 aromatic heterocycles. The van der Waals surface area contributed by atoms with E-state index in [9.17, 15) is 9.59 Å². The fraction of sp³-hybridized carbons (Fsp3) is 0.778. The summed E-state index contributed by atoms with van der Waals surface area (Å²) >= 11 is 0. The van der Waals surface area contributed by atoms with Crippen LogP contribution in [0.2, 0.25) is 0 Å².